The van der Waals surface area contributed by atoms with Gasteiger partial charge in [0.25, 0.3) is 0 Å². The Morgan fingerprint density at radius 1 is 1.64 bits per heavy atom. The minimum atomic E-state index is -0.254. The van der Waals surface area contributed by atoms with Crippen LogP contribution in [0.1, 0.15) is 13.8 Å². The van der Waals surface area contributed by atoms with Gasteiger partial charge >= 0.3 is 5.97 Å². The molecule has 3 heteroatoms. The molecule has 3 nitrogen and oxygen atoms in total. The number of carbonyl (C=O) groups excluding carboxylic acids is 1. The highest BCUT2D eigenvalue weighted by molar-refractivity contribution is 5.65. The highest BCUT2D eigenvalue weighted by Crippen LogP contribution is 1.96. The molecule has 0 saturated heterocycles. The first-order valence-electron chi connectivity index (χ1n) is 3.52. The van der Waals surface area contributed by atoms with Crippen LogP contribution in [0.25, 0.3) is 0 Å². The second-order valence-corrected chi connectivity index (χ2v) is 2.41. The van der Waals surface area contributed by atoms with E-state index < -0.39 is 0 Å². The van der Waals surface area contributed by atoms with Crippen molar-refractivity contribution >= 4 is 5.97 Å². The number of esters is 1. The molecule has 0 amide bonds. The first-order chi connectivity index (χ1) is 5.16. The summed E-state index contributed by atoms with van der Waals surface area (Å²) in [6.45, 7) is 7.67. The number of rotatable bonds is 5. The Kier molecular flexibility index (Phi) is 5.25. The lowest BCUT2D eigenvalue weighted by Crippen LogP contribution is -2.13. The van der Waals surface area contributed by atoms with Crippen molar-refractivity contribution in [2.45, 2.75) is 13.8 Å². The van der Waals surface area contributed by atoms with Crippen LogP contribution >= 0.6 is 0 Å². The van der Waals surface area contributed by atoms with E-state index in [1.165, 1.54) is 13.2 Å². The molecule has 0 bridgehead atoms. The first kappa shape index (κ1) is 10.0. The third kappa shape index (κ3) is 6.90. The molecule has 0 spiro atoms. The molecule has 0 heterocycles. The van der Waals surface area contributed by atoms with Crippen LogP contribution in [0.15, 0.2) is 12.8 Å². The molecule has 0 fully saturated rings. The van der Waals surface area contributed by atoms with Crippen LogP contribution in [0.5, 0.6) is 0 Å². The Bertz CT molecular complexity index is 131. The maximum absolute atomic E-state index is 10.3. The second kappa shape index (κ2) is 5.77. The maximum atomic E-state index is 10.3. The Morgan fingerprint density at radius 3 is 2.73 bits per heavy atom. The molecular formula is C8H14O3. The monoisotopic (exact) mass is 158 g/mol. The van der Waals surface area contributed by atoms with Gasteiger partial charge in [-0.1, -0.05) is 13.5 Å². The maximum Gasteiger partial charge on any atom is 0.302 e. The Balaban J connectivity index is 3.28. The smallest absolute Gasteiger partial charge is 0.302 e. The second-order valence-electron chi connectivity index (χ2n) is 2.41. The molecule has 1 unspecified atom stereocenters. The van der Waals surface area contributed by atoms with Gasteiger partial charge in [0.1, 0.15) is 0 Å². The normalized spacial score (nSPS) is 11.8. The Morgan fingerprint density at radius 2 is 2.27 bits per heavy atom. The molecule has 64 valence electrons. The molecule has 0 aliphatic rings. The van der Waals surface area contributed by atoms with Crippen molar-refractivity contribution < 1.29 is 14.3 Å². The van der Waals surface area contributed by atoms with Crippen molar-refractivity contribution in [1.29, 1.82) is 0 Å². The third-order valence-electron chi connectivity index (χ3n) is 1.07. The average molecular weight is 158 g/mol. The minimum Gasteiger partial charge on any atom is -0.501 e. The standard InChI is InChI=1S/C8H14O3/c1-4-10-5-7(2)6-11-8(3)9/h4,7H,1,5-6H2,2-3H3. The van der Waals surface area contributed by atoms with Crippen LogP contribution < -0.4 is 0 Å². The van der Waals surface area contributed by atoms with Gasteiger partial charge in [0.2, 0.25) is 0 Å². The Hall–Kier alpha value is -0.990. The van der Waals surface area contributed by atoms with E-state index in [0.29, 0.717) is 13.2 Å². The fourth-order valence-electron chi connectivity index (χ4n) is 0.540. The van der Waals surface area contributed by atoms with E-state index in [0.717, 1.165) is 0 Å². The summed E-state index contributed by atoms with van der Waals surface area (Å²) in [4.78, 5) is 10.3. The first-order valence-corrected chi connectivity index (χ1v) is 3.52. The summed E-state index contributed by atoms with van der Waals surface area (Å²) in [6, 6.07) is 0. The summed E-state index contributed by atoms with van der Waals surface area (Å²) < 4.78 is 9.65. The lowest BCUT2D eigenvalue weighted by atomic mass is 10.2. The molecule has 0 N–H and O–H groups in total. The van der Waals surface area contributed by atoms with Crippen molar-refractivity contribution in [2.75, 3.05) is 13.2 Å². The minimum absolute atomic E-state index is 0.219. The average Bonchev–Trinajstić information content (AvgIpc) is 1.97. The lowest BCUT2D eigenvalue weighted by molar-refractivity contribution is -0.142. The molecule has 0 aromatic rings. The summed E-state index contributed by atoms with van der Waals surface area (Å²) in [5.41, 5.74) is 0. The molecule has 0 aromatic heterocycles. The molecule has 0 aromatic carbocycles. The largest absolute Gasteiger partial charge is 0.501 e. The van der Waals surface area contributed by atoms with Gasteiger partial charge in [0.05, 0.1) is 19.5 Å². The van der Waals surface area contributed by atoms with Crippen molar-refractivity contribution in [2.24, 2.45) is 5.92 Å². The summed E-state index contributed by atoms with van der Waals surface area (Å²) in [6.07, 6.45) is 1.38. The molecule has 0 radical (unpaired) electrons. The number of ether oxygens (including phenoxy) is 2. The van der Waals surface area contributed by atoms with E-state index in [1.807, 2.05) is 6.92 Å². The van der Waals surface area contributed by atoms with Gasteiger partial charge < -0.3 is 9.47 Å². The van der Waals surface area contributed by atoms with Crippen molar-refractivity contribution in [3.8, 4) is 0 Å². The van der Waals surface area contributed by atoms with Gasteiger partial charge in [-0.2, -0.15) is 0 Å². The van der Waals surface area contributed by atoms with E-state index in [1.54, 1.807) is 0 Å². The predicted molar refractivity (Wildman–Crippen MR) is 41.9 cm³/mol. The topological polar surface area (TPSA) is 35.5 Å². The van der Waals surface area contributed by atoms with E-state index in [-0.39, 0.29) is 11.9 Å². The number of carbonyl (C=O) groups is 1. The fourth-order valence-corrected chi connectivity index (χ4v) is 0.540. The van der Waals surface area contributed by atoms with Gasteiger partial charge in [-0.25, -0.2) is 0 Å². The van der Waals surface area contributed by atoms with Crippen LogP contribution in [0, 0.1) is 5.92 Å². The lowest BCUT2D eigenvalue weighted by Gasteiger charge is -2.09. The van der Waals surface area contributed by atoms with Crippen LogP contribution in [-0.2, 0) is 14.3 Å². The van der Waals surface area contributed by atoms with Crippen LogP contribution in [0.4, 0.5) is 0 Å². The fraction of sp³-hybridized carbons (Fsp3) is 0.625. The zero-order valence-corrected chi connectivity index (χ0v) is 7.00. The SMILES string of the molecule is C=COCC(C)COC(C)=O. The van der Waals surface area contributed by atoms with Crippen molar-refractivity contribution in [3.05, 3.63) is 12.8 Å². The van der Waals surface area contributed by atoms with Crippen molar-refractivity contribution in [3.63, 3.8) is 0 Å². The van der Waals surface area contributed by atoms with Crippen LogP contribution in [-0.4, -0.2) is 19.2 Å². The molecule has 0 aliphatic heterocycles. The zero-order valence-electron chi connectivity index (χ0n) is 7.00. The third-order valence-corrected chi connectivity index (χ3v) is 1.07. The highest BCUT2D eigenvalue weighted by atomic mass is 16.5. The van der Waals surface area contributed by atoms with Gasteiger partial charge in [-0.05, 0) is 0 Å². The Labute approximate surface area is 67.0 Å². The van der Waals surface area contributed by atoms with Crippen LogP contribution in [0.3, 0.4) is 0 Å². The molecule has 11 heavy (non-hydrogen) atoms. The van der Waals surface area contributed by atoms with Gasteiger partial charge in [-0.3, -0.25) is 4.79 Å². The summed E-state index contributed by atoms with van der Waals surface area (Å²) in [5.74, 6) is -0.0349. The molecule has 0 rings (SSSR count). The van der Waals surface area contributed by atoms with Crippen LogP contribution in [0.2, 0.25) is 0 Å². The van der Waals surface area contributed by atoms with Gasteiger partial charge in [0.15, 0.2) is 0 Å². The van der Waals surface area contributed by atoms with Gasteiger partial charge in [-0.15, -0.1) is 0 Å². The number of hydrogen-bond donors (Lipinski definition) is 0. The molecule has 0 saturated carbocycles. The van der Waals surface area contributed by atoms with E-state index in [4.69, 9.17) is 9.47 Å². The molecular weight excluding hydrogens is 144 g/mol. The summed E-state index contributed by atoms with van der Waals surface area (Å²) >= 11 is 0. The highest BCUT2D eigenvalue weighted by Gasteiger charge is 2.02. The summed E-state index contributed by atoms with van der Waals surface area (Å²) in [7, 11) is 0. The number of hydrogen-bond acceptors (Lipinski definition) is 3. The molecule has 1 atom stereocenters. The van der Waals surface area contributed by atoms with Gasteiger partial charge in [0, 0.05) is 12.8 Å². The van der Waals surface area contributed by atoms with E-state index in [2.05, 4.69) is 6.58 Å². The van der Waals surface area contributed by atoms with E-state index >= 15 is 0 Å². The predicted octanol–water partition coefficient (Wildman–Crippen LogP) is 1.35. The quantitative estimate of drug-likeness (QED) is 0.447. The zero-order chi connectivity index (χ0) is 8.69. The van der Waals surface area contributed by atoms with Crippen molar-refractivity contribution in [1.82, 2.24) is 0 Å². The summed E-state index contributed by atoms with van der Waals surface area (Å²) in [5, 5.41) is 0. The van der Waals surface area contributed by atoms with E-state index in [9.17, 15) is 4.79 Å². The molecule has 0 aliphatic carbocycles.